The third-order valence-electron chi connectivity index (χ3n) is 5.09. The van der Waals surface area contributed by atoms with Crippen LogP contribution in [0.25, 0.3) is 16.9 Å². The van der Waals surface area contributed by atoms with E-state index in [9.17, 15) is 0 Å². The van der Waals surface area contributed by atoms with Crippen molar-refractivity contribution in [2.45, 2.75) is 32.6 Å². The van der Waals surface area contributed by atoms with Crippen molar-refractivity contribution < 1.29 is 9.47 Å². The van der Waals surface area contributed by atoms with Crippen molar-refractivity contribution in [3.8, 4) is 22.8 Å². The third kappa shape index (κ3) is 4.62. The highest BCUT2D eigenvalue weighted by Crippen LogP contribution is 2.23. The Labute approximate surface area is 177 Å². The van der Waals surface area contributed by atoms with E-state index in [1.807, 2.05) is 53.0 Å². The fraction of sp³-hybridized carbons (Fsp3) is 0.280. The van der Waals surface area contributed by atoms with Crippen LogP contribution >= 0.6 is 0 Å². The molecule has 0 atom stereocenters. The molecule has 0 unspecified atom stereocenters. The zero-order valence-electron chi connectivity index (χ0n) is 17.5. The molecule has 0 aliphatic heterocycles. The van der Waals surface area contributed by atoms with Gasteiger partial charge in [0.2, 0.25) is 0 Å². The van der Waals surface area contributed by atoms with Gasteiger partial charge in [-0.3, -0.25) is 0 Å². The molecule has 0 saturated heterocycles. The summed E-state index contributed by atoms with van der Waals surface area (Å²) >= 11 is 0. The van der Waals surface area contributed by atoms with Gasteiger partial charge < -0.3 is 9.47 Å². The highest BCUT2D eigenvalue weighted by atomic mass is 16.5. The molecule has 30 heavy (non-hydrogen) atoms. The summed E-state index contributed by atoms with van der Waals surface area (Å²) in [4.78, 5) is 4.72. The second-order valence-electron chi connectivity index (χ2n) is 7.31. The Balaban J connectivity index is 1.50. The first-order valence-electron chi connectivity index (χ1n) is 10.5. The number of benzene rings is 2. The van der Waals surface area contributed by atoms with Crippen LogP contribution in [-0.4, -0.2) is 28.3 Å². The van der Waals surface area contributed by atoms with Crippen molar-refractivity contribution in [1.29, 1.82) is 0 Å². The van der Waals surface area contributed by atoms with Crippen LogP contribution < -0.4 is 9.47 Å². The molecule has 0 aliphatic carbocycles. The van der Waals surface area contributed by atoms with Crippen LogP contribution in [0.1, 0.15) is 37.6 Å². The summed E-state index contributed by atoms with van der Waals surface area (Å²) in [7, 11) is 1.67. The normalized spacial score (nSPS) is 11.0. The van der Waals surface area contributed by atoms with Crippen molar-refractivity contribution in [2.24, 2.45) is 0 Å². The topological polar surface area (TPSA) is 48.7 Å². The van der Waals surface area contributed by atoms with Gasteiger partial charge in [0.1, 0.15) is 11.5 Å². The van der Waals surface area contributed by atoms with E-state index in [4.69, 9.17) is 19.6 Å². The Hall–Kier alpha value is -3.34. The highest BCUT2D eigenvalue weighted by molar-refractivity contribution is 5.63. The lowest BCUT2D eigenvalue weighted by atomic mass is 10.1. The Morgan fingerprint density at radius 1 is 0.867 bits per heavy atom. The maximum atomic E-state index is 5.80. The lowest BCUT2D eigenvalue weighted by molar-refractivity contribution is 0.306. The average molecular weight is 402 g/mol. The number of aromatic nitrogens is 3. The molecule has 0 saturated carbocycles. The minimum atomic E-state index is 0.680. The molecule has 0 N–H and O–H groups in total. The molecule has 2 heterocycles. The van der Waals surface area contributed by atoms with E-state index in [1.54, 1.807) is 7.11 Å². The number of nitrogens with zero attached hydrogens (tertiary/aromatic N) is 3. The van der Waals surface area contributed by atoms with Gasteiger partial charge in [0.15, 0.2) is 11.5 Å². The van der Waals surface area contributed by atoms with E-state index in [-0.39, 0.29) is 0 Å². The van der Waals surface area contributed by atoms with E-state index in [1.165, 1.54) is 12.8 Å². The molecule has 154 valence electrons. The molecular formula is C25H27N3O2. The minimum Gasteiger partial charge on any atom is -0.497 e. The molecule has 0 radical (unpaired) electrons. The van der Waals surface area contributed by atoms with Crippen LogP contribution in [0.15, 0.2) is 66.7 Å². The number of hydrogen-bond acceptors (Lipinski definition) is 4. The standard InChI is InChI=1S/C25H27N3O2/c1-3-4-5-17-30-22-13-9-19(10-14-22)18-24-26-25-8-6-7-23(28(25)27-24)20-11-15-21(29-2)16-12-20/h6-16H,3-5,17-18H2,1-2H3. The molecule has 0 bridgehead atoms. The Bertz CT molecular complexity index is 1090. The van der Waals surface area contributed by atoms with Crippen molar-refractivity contribution in [3.63, 3.8) is 0 Å². The minimum absolute atomic E-state index is 0.680. The zero-order chi connectivity index (χ0) is 20.8. The van der Waals surface area contributed by atoms with Gasteiger partial charge in [-0.15, -0.1) is 0 Å². The van der Waals surface area contributed by atoms with Gasteiger partial charge >= 0.3 is 0 Å². The van der Waals surface area contributed by atoms with E-state index in [0.29, 0.717) is 6.42 Å². The van der Waals surface area contributed by atoms with E-state index in [0.717, 1.165) is 52.8 Å². The van der Waals surface area contributed by atoms with Gasteiger partial charge in [0, 0.05) is 12.0 Å². The van der Waals surface area contributed by atoms with Crippen LogP contribution in [0.5, 0.6) is 11.5 Å². The lowest BCUT2D eigenvalue weighted by Crippen LogP contribution is -1.98. The van der Waals surface area contributed by atoms with Crippen LogP contribution in [0.4, 0.5) is 0 Å². The maximum absolute atomic E-state index is 5.80. The van der Waals surface area contributed by atoms with Gasteiger partial charge in [0.05, 0.1) is 19.4 Å². The molecule has 4 rings (SSSR count). The molecule has 4 aromatic rings. The Morgan fingerprint density at radius 2 is 1.63 bits per heavy atom. The summed E-state index contributed by atoms with van der Waals surface area (Å²) in [6.07, 6.45) is 4.18. The Kier molecular flexibility index (Phi) is 6.28. The second kappa shape index (κ2) is 9.44. The molecule has 5 nitrogen and oxygen atoms in total. The SMILES string of the molecule is CCCCCOc1ccc(Cc2nc3cccc(-c4ccc(OC)cc4)n3n2)cc1. The number of hydrogen-bond donors (Lipinski definition) is 0. The molecule has 0 fully saturated rings. The summed E-state index contributed by atoms with van der Waals surface area (Å²) < 4.78 is 13.0. The summed E-state index contributed by atoms with van der Waals surface area (Å²) in [5.41, 5.74) is 4.08. The van der Waals surface area contributed by atoms with Gasteiger partial charge in [0.25, 0.3) is 0 Å². The van der Waals surface area contributed by atoms with Crippen molar-refractivity contribution in [2.75, 3.05) is 13.7 Å². The molecule has 0 aliphatic rings. The van der Waals surface area contributed by atoms with Crippen LogP contribution in [0.3, 0.4) is 0 Å². The number of ether oxygens (including phenoxy) is 2. The Morgan fingerprint density at radius 3 is 2.37 bits per heavy atom. The first-order chi connectivity index (χ1) is 14.8. The average Bonchev–Trinajstić information content (AvgIpc) is 3.20. The number of methoxy groups -OCH3 is 1. The fourth-order valence-corrected chi connectivity index (χ4v) is 3.43. The summed E-state index contributed by atoms with van der Waals surface area (Å²) in [6, 6.07) is 22.3. The van der Waals surface area contributed by atoms with Crippen LogP contribution in [0.2, 0.25) is 0 Å². The number of fused-ring (bicyclic) bond motifs is 1. The molecule has 5 heteroatoms. The highest BCUT2D eigenvalue weighted by Gasteiger charge is 2.10. The number of pyridine rings is 1. The number of unbranched alkanes of at least 4 members (excludes halogenated alkanes) is 2. The maximum Gasteiger partial charge on any atom is 0.156 e. The summed E-state index contributed by atoms with van der Waals surface area (Å²) in [6.45, 7) is 2.97. The number of rotatable bonds is 9. The molecule has 0 amide bonds. The first-order valence-corrected chi connectivity index (χ1v) is 10.5. The van der Waals surface area contributed by atoms with E-state index >= 15 is 0 Å². The molecular weight excluding hydrogens is 374 g/mol. The lowest BCUT2D eigenvalue weighted by Gasteiger charge is -2.06. The molecule has 2 aromatic carbocycles. The van der Waals surface area contributed by atoms with Crippen molar-refractivity contribution in [3.05, 3.63) is 78.1 Å². The van der Waals surface area contributed by atoms with Crippen LogP contribution in [-0.2, 0) is 6.42 Å². The van der Waals surface area contributed by atoms with E-state index in [2.05, 4.69) is 25.1 Å². The smallest absolute Gasteiger partial charge is 0.156 e. The predicted molar refractivity (Wildman–Crippen MR) is 119 cm³/mol. The summed E-state index contributed by atoms with van der Waals surface area (Å²) in [5, 5.41) is 4.76. The first kappa shape index (κ1) is 20.0. The fourth-order valence-electron chi connectivity index (χ4n) is 3.43. The van der Waals surface area contributed by atoms with Crippen molar-refractivity contribution >= 4 is 5.65 Å². The quantitative estimate of drug-likeness (QED) is 0.344. The summed E-state index contributed by atoms with van der Waals surface area (Å²) in [5.74, 6) is 2.55. The van der Waals surface area contributed by atoms with Gasteiger partial charge in [-0.05, 0) is 60.5 Å². The van der Waals surface area contributed by atoms with Gasteiger partial charge in [-0.1, -0.05) is 38.0 Å². The second-order valence-corrected chi connectivity index (χ2v) is 7.31. The van der Waals surface area contributed by atoms with Gasteiger partial charge in [-0.25, -0.2) is 9.50 Å². The molecule has 2 aromatic heterocycles. The predicted octanol–water partition coefficient (Wildman–Crippen LogP) is 5.56. The van der Waals surface area contributed by atoms with Crippen molar-refractivity contribution in [1.82, 2.24) is 14.6 Å². The third-order valence-corrected chi connectivity index (χ3v) is 5.09. The monoisotopic (exact) mass is 401 g/mol. The zero-order valence-corrected chi connectivity index (χ0v) is 17.5. The molecule has 0 spiro atoms. The largest absolute Gasteiger partial charge is 0.497 e. The van der Waals surface area contributed by atoms with Gasteiger partial charge in [-0.2, -0.15) is 5.10 Å². The van der Waals surface area contributed by atoms with Crippen LogP contribution in [0, 0.1) is 0 Å². The van der Waals surface area contributed by atoms with E-state index < -0.39 is 0 Å².